The molecule has 0 aliphatic heterocycles. The van der Waals surface area contributed by atoms with Gasteiger partial charge in [0, 0.05) is 18.7 Å². The standard InChI is InChI=1S/C12H18FNO2/c1-12(2,16)8-14-7-11(15)9-5-3-4-6-10(9)13/h3-6,11,14-16H,7-8H2,1-2H3. The molecule has 0 radical (unpaired) electrons. The zero-order valence-corrected chi connectivity index (χ0v) is 9.57. The van der Waals surface area contributed by atoms with Gasteiger partial charge in [0.2, 0.25) is 0 Å². The third kappa shape index (κ3) is 4.26. The van der Waals surface area contributed by atoms with Crippen molar-refractivity contribution in [2.75, 3.05) is 13.1 Å². The summed E-state index contributed by atoms with van der Waals surface area (Å²) in [5.74, 6) is -0.417. The minimum absolute atomic E-state index is 0.213. The second kappa shape index (κ2) is 5.39. The maximum Gasteiger partial charge on any atom is 0.129 e. The van der Waals surface area contributed by atoms with Crippen molar-refractivity contribution in [1.29, 1.82) is 0 Å². The Hall–Kier alpha value is -0.970. The Morgan fingerprint density at radius 2 is 2.00 bits per heavy atom. The minimum Gasteiger partial charge on any atom is -0.389 e. The van der Waals surface area contributed by atoms with E-state index in [9.17, 15) is 14.6 Å². The van der Waals surface area contributed by atoms with Crippen LogP contribution in [-0.4, -0.2) is 28.9 Å². The van der Waals surface area contributed by atoms with Gasteiger partial charge in [0.1, 0.15) is 5.82 Å². The summed E-state index contributed by atoms with van der Waals surface area (Å²) < 4.78 is 13.3. The Kier molecular flexibility index (Phi) is 4.41. The topological polar surface area (TPSA) is 52.5 Å². The maximum absolute atomic E-state index is 13.3. The van der Waals surface area contributed by atoms with E-state index in [0.717, 1.165) is 0 Å². The molecule has 1 unspecified atom stereocenters. The van der Waals surface area contributed by atoms with Gasteiger partial charge in [-0.3, -0.25) is 0 Å². The monoisotopic (exact) mass is 227 g/mol. The third-order valence-electron chi connectivity index (χ3n) is 2.16. The molecule has 1 aromatic carbocycles. The smallest absolute Gasteiger partial charge is 0.129 e. The molecular weight excluding hydrogens is 209 g/mol. The Morgan fingerprint density at radius 3 is 2.56 bits per heavy atom. The highest BCUT2D eigenvalue weighted by Gasteiger charge is 2.15. The van der Waals surface area contributed by atoms with Crippen molar-refractivity contribution in [1.82, 2.24) is 5.32 Å². The molecular formula is C12H18FNO2. The van der Waals surface area contributed by atoms with Crippen molar-refractivity contribution >= 4 is 0 Å². The number of rotatable bonds is 5. The average Bonchev–Trinajstić information content (AvgIpc) is 2.16. The van der Waals surface area contributed by atoms with Gasteiger partial charge >= 0.3 is 0 Å². The number of hydrogen-bond donors (Lipinski definition) is 3. The van der Waals surface area contributed by atoms with Crippen LogP contribution < -0.4 is 5.32 Å². The molecule has 0 fully saturated rings. The van der Waals surface area contributed by atoms with Crippen molar-refractivity contribution in [3.8, 4) is 0 Å². The fourth-order valence-corrected chi connectivity index (χ4v) is 1.37. The van der Waals surface area contributed by atoms with Crippen molar-refractivity contribution in [2.24, 2.45) is 0 Å². The highest BCUT2D eigenvalue weighted by atomic mass is 19.1. The molecule has 0 spiro atoms. The predicted octanol–water partition coefficient (Wildman–Crippen LogP) is 1.22. The number of halogens is 1. The summed E-state index contributed by atoms with van der Waals surface area (Å²) in [6, 6.07) is 6.12. The Morgan fingerprint density at radius 1 is 1.38 bits per heavy atom. The molecule has 3 N–H and O–H groups in total. The van der Waals surface area contributed by atoms with Crippen molar-refractivity contribution < 1.29 is 14.6 Å². The molecule has 0 saturated heterocycles. The summed E-state index contributed by atoms with van der Waals surface area (Å²) >= 11 is 0. The van der Waals surface area contributed by atoms with Gasteiger partial charge < -0.3 is 15.5 Å². The molecule has 1 aromatic rings. The van der Waals surface area contributed by atoms with E-state index in [-0.39, 0.29) is 12.1 Å². The van der Waals surface area contributed by atoms with Gasteiger partial charge in [0.15, 0.2) is 0 Å². The van der Waals surface area contributed by atoms with Crippen LogP contribution in [-0.2, 0) is 0 Å². The lowest BCUT2D eigenvalue weighted by Crippen LogP contribution is -2.36. The quantitative estimate of drug-likeness (QED) is 0.709. The molecule has 0 aromatic heterocycles. The fourth-order valence-electron chi connectivity index (χ4n) is 1.37. The van der Waals surface area contributed by atoms with Crippen LogP contribution in [0.25, 0.3) is 0 Å². The van der Waals surface area contributed by atoms with E-state index < -0.39 is 17.5 Å². The second-order valence-corrected chi connectivity index (χ2v) is 4.48. The van der Waals surface area contributed by atoms with Crippen molar-refractivity contribution in [2.45, 2.75) is 25.6 Å². The van der Waals surface area contributed by atoms with E-state index in [1.165, 1.54) is 6.07 Å². The van der Waals surface area contributed by atoms with Gasteiger partial charge in [-0.2, -0.15) is 0 Å². The first-order valence-electron chi connectivity index (χ1n) is 5.26. The molecule has 0 bridgehead atoms. The lowest BCUT2D eigenvalue weighted by molar-refractivity contribution is 0.0737. The van der Waals surface area contributed by atoms with E-state index in [2.05, 4.69) is 5.32 Å². The van der Waals surface area contributed by atoms with E-state index in [4.69, 9.17) is 0 Å². The van der Waals surface area contributed by atoms with Crippen LogP contribution in [0.3, 0.4) is 0 Å². The zero-order chi connectivity index (χ0) is 12.2. The molecule has 3 nitrogen and oxygen atoms in total. The molecule has 0 amide bonds. The summed E-state index contributed by atoms with van der Waals surface area (Å²) in [6.07, 6.45) is -0.899. The Balaban J connectivity index is 2.47. The first-order chi connectivity index (χ1) is 7.40. The SMILES string of the molecule is CC(C)(O)CNCC(O)c1ccccc1F. The van der Waals surface area contributed by atoms with Gasteiger partial charge in [-0.15, -0.1) is 0 Å². The molecule has 0 aliphatic rings. The summed E-state index contributed by atoms with van der Waals surface area (Å²) in [6.45, 7) is 3.88. The summed E-state index contributed by atoms with van der Waals surface area (Å²) in [7, 11) is 0. The molecule has 1 atom stereocenters. The highest BCUT2D eigenvalue weighted by Crippen LogP contribution is 2.15. The van der Waals surface area contributed by atoms with Gasteiger partial charge in [0.25, 0.3) is 0 Å². The lowest BCUT2D eigenvalue weighted by Gasteiger charge is -2.19. The van der Waals surface area contributed by atoms with Crippen LogP contribution >= 0.6 is 0 Å². The van der Waals surface area contributed by atoms with E-state index in [0.29, 0.717) is 6.54 Å². The largest absolute Gasteiger partial charge is 0.389 e. The van der Waals surface area contributed by atoms with Crippen molar-refractivity contribution in [3.05, 3.63) is 35.6 Å². The van der Waals surface area contributed by atoms with Crippen LogP contribution in [0.2, 0.25) is 0 Å². The Bertz CT molecular complexity index is 336. The van der Waals surface area contributed by atoms with E-state index >= 15 is 0 Å². The van der Waals surface area contributed by atoms with Crippen LogP contribution in [0.4, 0.5) is 4.39 Å². The predicted molar refractivity (Wildman–Crippen MR) is 60.5 cm³/mol. The third-order valence-corrected chi connectivity index (χ3v) is 2.16. The van der Waals surface area contributed by atoms with E-state index in [1.807, 2.05) is 0 Å². The molecule has 16 heavy (non-hydrogen) atoms. The summed E-state index contributed by atoms with van der Waals surface area (Å²) in [4.78, 5) is 0. The molecule has 0 heterocycles. The first kappa shape index (κ1) is 13.1. The molecule has 0 saturated carbocycles. The summed E-state index contributed by atoms with van der Waals surface area (Å²) in [5.41, 5.74) is -0.569. The average molecular weight is 227 g/mol. The van der Waals surface area contributed by atoms with Crippen molar-refractivity contribution in [3.63, 3.8) is 0 Å². The second-order valence-electron chi connectivity index (χ2n) is 4.48. The van der Waals surface area contributed by atoms with Gasteiger partial charge in [-0.25, -0.2) is 4.39 Å². The molecule has 4 heteroatoms. The number of aliphatic hydroxyl groups is 2. The minimum atomic E-state index is -0.899. The van der Waals surface area contributed by atoms with Crippen LogP contribution in [0, 0.1) is 5.82 Å². The molecule has 0 aliphatic carbocycles. The van der Waals surface area contributed by atoms with Crippen LogP contribution in [0.15, 0.2) is 24.3 Å². The molecule has 90 valence electrons. The van der Waals surface area contributed by atoms with E-state index in [1.54, 1.807) is 32.0 Å². The lowest BCUT2D eigenvalue weighted by atomic mass is 10.1. The molecule has 1 rings (SSSR count). The van der Waals surface area contributed by atoms with Crippen LogP contribution in [0.5, 0.6) is 0 Å². The number of hydrogen-bond acceptors (Lipinski definition) is 3. The maximum atomic E-state index is 13.3. The fraction of sp³-hybridized carbons (Fsp3) is 0.500. The van der Waals surface area contributed by atoms with Crippen LogP contribution in [0.1, 0.15) is 25.5 Å². The first-order valence-corrected chi connectivity index (χ1v) is 5.26. The normalized spacial score (nSPS) is 13.8. The highest BCUT2D eigenvalue weighted by molar-refractivity contribution is 5.19. The Labute approximate surface area is 94.9 Å². The number of benzene rings is 1. The van der Waals surface area contributed by atoms with Gasteiger partial charge in [-0.05, 0) is 19.9 Å². The summed E-state index contributed by atoms with van der Waals surface area (Å²) in [5, 5.41) is 22.0. The zero-order valence-electron chi connectivity index (χ0n) is 9.57. The number of aliphatic hydroxyl groups excluding tert-OH is 1. The van der Waals surface area contributed by atoms with Gasteiger partial charge in [-0.1, -0.05) is 18.2 Å². The number of nitrogens with one attached hydrogen (secondary N) is 1. The van der Waals surface area contributed by atoms with Gasteiger partial charge in [0.05, 0.1) is 11.7 Å².